The van der Waals surface area contributed by atoms with Crippen LogP contribution in [-0.4, -0.2) is 57.9 Å². The van der Waals surface area contributed by atoms with E-state index in [4.69, 9.17) is 9.73 Å². The second-order valence-electron chi connectivity index (χ2n) is 6.98. The fourth-order valence-corrected chi connectivity index (χ4v) is 3.51. The van der Waals surface area contributed by atoms with E-state index in [2.05, 4.69) is 44.6 Å². The van der Waals surface area contributed by atoms with Crippen LogP contribution in [0.3, 0.4) is 0 Å². The smallest absolute Gasteiger partial charge is 0.194 e. The van der Waals surface area contributed by atoms with E-state index in [1.165, 1.54) is 5.56 Å². The van der Waals surface area contributed by atoms with Gasteiger partial charge in [0.1, 0.15) is 18.1 Å². The van der Waals surface area contributed by atoms with Crippen molar-refractivity contribution in [1.29, 1.82) is 0 Å². The molecule has 0 fully saturated rings. The summed E-state index contributed by atoms with van der Waals surface area (Å²) in [6.07, 6.45) is 3.63. The second kappa shape index (κ2) is 10.7. The summed E-state index contributed by atoms with van der Waals surface area (Å²) >= 11 is 1.68. The van der Waals surface area contributed by atoms with Gasteiger partial charge in [-0.1, -0.05) is 12.1 Å². The molecule has 3 aromatic rings. The molecule has 0 aliphatic carbocycles. The number of methoxy groups -OCH3 is 1. The molecule has 1 aromatic carbocycles. The van der Waals surface area contributed by atoms with Crippen LogP contribution in [0.1, 0.15) is 22.2 Å². The minimum atomic E-state index is 0.476. The summed E-state index contributed by atoms with van der Waals surface area (Å²) in [5, 5.41) is 15.0. The Kier molecular flexibility index (Phi) is 7.78. The van der Waals surface area contributed by atoms with E-state index >= 15 is 0 Å². The van der Waals surface area contributed by atoms with Gasteiger partial charge in [0.05, 0.1) is 12.1 Å². The number of hydrogen-bond acceptors (Lipinski definition) is 6. The molecular weight excluding hydrogens is 398 g/mol. The first-order valence-corrected chi connectivity index (χ1v) is 10.8. The first-order chi connectivity index (χ1) is 14.6. The highest BCUT2D eigenvalue weighted by atomic mass is 32.1. The van der Waals surface area contributed by atoms with Gasteiger partial charge in [-0.3, -0.25) is 0 Å². The third-order valence-electron chi connectivity index (χ3n) is 4.91. The Hall–Kier alpha value is -2.94. The summed E-state index contributed by atoms with van der Waals surface area (Å²) in [4.78, 5) is 11.3. The molecule has 0 radical (unpaired) electrons. The highest BCUT2D eigenvalue weighted by Gasteiger charge is 2.10. The lowest BCUT2D eigenvalue weighted by atomic mass is 10.1. The van der Waals surface area contributed by atoms with Crippen molar-refractivity contribution in [3.05, 3.63) is 58.1 Å². The first-order valence-electron chi connectivity index (χ1n) is 9.92. The lowest BCUT2D eigenvalue weighted by Gasteiger charge is -2.22. The molecule has 9 heteroatoms. The van der Waals surface area contributed by atoms with Crippen LogP contribution < -0.4 is 10.1 Å². The molecule has 2 heterocycles. The summed E-state index contributed by atoms with van der Waals surface area (Å²) in [5.41, 5.74) is 1.25. The van der Waals surface area contributed by atoms with E-state index in [9.17, 15) is 0 Å². The quantitative estimate of drug-likeness (QED) is 0.417. The van der Waals surface area contributed by atoms with E-state index in [0.29, 0.717) is 6.54 Å². The molecule has 1 N–H and O–H groups in total. The van der Waals surface area contributed by atoms with Crippen LogP contribution in [0.5, 0.6) is 5.75 Å². The average Bonchev–Trinajstić information content (AvgIpc) is 3.40. The maximum Gasteiger partial charge on any atom is 0.194 e. The fraction of sp³-hybridized carbons (Fsp3) is 0.429. The predicted molar refractivity (Wildman–Crippen MR) is 120 cm³/mol. The van der Waals surface area contributed by atoms with Gasteiger partial charge in [-0.25, -0.2) is 9.98 Å². The fourth-order valence-electron chi connectivity index (χ4n) is 2.90. The third kappa shape index (κ3) is 6.03. The molecule has 0 saturated carbocycles. The lowest BCUT2D eigenvalue weighted by molar-refractivity contribution is 0.414. The molecule has 0 spiro atoms. The summed E-state index contributed by atoms with van der Waals surface area (Å²) in [6, 6.07) is 8.15. The Balaban J connectivity index is 1.62. The Bertz CT molecular complexity index is 935. The Morgan fingerprint density at radius 3 is 2.67 bits per heavy atom. The molecule has 2 aromatic heterocycles. The molecule has 30 heavy (non-hydrogen) atoms. The van der Waals surface area contributed by atoms with Crippen LogP contribution >= 0.6 is 11.3 Å². The first kappa shape index (κ1) is 21.8. The minimum absolute atomic E-state index is 0.476. The van der Waals surface area contributed by atoms with Gasteiger partial charge in [0.2, 0.25) is 0 Å². The summed E-state index contributed by atoms with van der Waals surface area (Å²) in [6.45, 7) is 4.03. The largest absolute Gasteiger partial charge is 0.497 e. The van der Waals surface area contributed by atoms with E-state index in [1.807, 2.05) is 42.2 Å². The molecule has 0 aliphatic rings. The SMILES string of the molecule is COc1ccc(CCNC(=NCc2nnc(C)n2C)N(C)CCc2nccs2)cc1. The van der Waals surface area contributed by atoms with E-state index in [0.717, 1.165) is 54.3 Å². The number of hydrogen-bond donors (Lipinski definition) is 1. The Labute approximate surface area is 181 Å². The van der Waals surface area contributed by atoms with Crippen molar-refractivity contribution >= 4 is 17.3 Å². The Morgan fingerprint density at radius 2 is 2.03 bits per heavy atom. The van der Waals surface area contributed by atoms with E-state index < -0.39 is 0 Å². The third-order valence-corrected chi connectivity index (χ3v) is 5.75. The number of nitrogens with one attached hydrogen (secondary N) is 1. The number of aryl methyl sites for hydroxylation is 1. The number of benzene rings is 1. The molecule has 0 atom stereocenters. The maximum atomic E-state index is 5.23. The number of rotatable bonds is 9. The number of ether oxygens (including phenoxy) is 1. The zero-order valence-electron chi connectivity index (χ0n) is 18.0. The van der Waals surface area contributed by atoms with Crippen LogP contribution in [-0.2, 0) is 26.4 Å². The van der Waals surface area contributed by atoms with Crippen molar-refractivity contribution in [2.24, 2.45) is 12.0 Å². The summed E-state index contributed by atoms with van der Waals surface area (Å²) in [5.74, 6) is 3.44. The highest BCUT2D eigenvalue weighted by Crippen LogP contribution is 2.11. The van der Waals surface area contributed by atoms with Crippen LogP contribution in [0.15, 0.2) is 40.8 Å². The molecule has 0 saturated heterocycles. The van der Waals surface area contributed by atoms with Gasteiger partial charge in [-0.05, 0) is 31.0 Å². The van der Waals surface area contributed by atoms with E-state index in [1.54, 1.807) is 18.4 Å². The zero-order valence-corrected chi connectivity index (χ0v) is 18.8. The topological polar surface area (TPSA) is 80.5 Å². The molecule has 0 aliphatic heterocycles. The number of thiazole rings is 1. The van der Waals surface area contributed by atoms with Crippen LogP contribution in [0.4, 0.5) is 0 Å². The van der Waals surface area contributed by atoms with Gasteiger partial charge in [0.25, 0.3) is 0 Å². The van der Waals surface area contributed by atoms with Gasteiger partial charge >= 0.3 is 0 Å². The molecule has 0 unspecified atom stereocenters. The van der Waals surface area contributed by atoms with Crippen LogP contribution in [0.25, 0.3) is 0 Å². The Morgan fingerprint density at radius 1 is 1.23 bits per heavy atom. The zero-order chi connectivity index (χ0) is 21.3. The normalized spacial score (nSPS) is 11.5. The van der Waals surface area contributed by atoms with Crippen LogP contribution in [0, 0.1) is 6.92 Å². The van der Waals surface area contributed by atoms with Gasteiger partial charge in [0, 0.05) is 45.2 Å². The summed E-state index contributed by atoms with van der Waals surface area (Å²) in [7, 11) is 5.69. The summed E-state index contributed by atoms with van der Waals surface area (Å²) < 4.78 is 7.19. The van der Waals surface area contributed by atoms with Gasteiger partial charge in [-0.15, -0.1) is 21.5 Å². The van der Waals surface area contributed by atoms with Crippen molar-refractivity contribution in [2.75, 3.05) is 27.2 Å². The maximum absolute atomic E-state index is 5.23. The molecule has 160 valence electrons. The number of aliphatic imine (C=N–C) groups is 1. The molecular formula is C21H29N7OS. The predicted octanol–water partition coefficient (Wildman–Crippen LogP) is 2.45. The van der Waals surface area contributed by atoms with Gasteiger partial charge in [-0.2, -0.15) is 0 Å². The monoisotopic (exact) mass is 427 g/mol. The minimum Gasteiger partial charge on any atom is -0.497 e. The van der Waals surface area contributed by atoms with Crippen molar-refractivity contribution in [1.82, 2.24) is 30.0 Å². The van der Waals surface area contributed by atoms with Crippen molar-refractivity contribution in [3.63, 3.8) is 0 Å². The number of aromatic nitrogens is 4. The average molecular weight is 428 g/mol. The van der Waals surface area contributed by atoms with Gasteiger partial charge in [0.15, 0.2) is 11.8 Å². The van der Waals surface area contributed by atoms with Gasteiger partial charge < -0.3 is 19.5 Å². The highest BCUT2D eigenvalue weighted by molar-refractivity contribution is 7.09. The lowest BCUT2D eigenvalue weighted by Crippen LogP contribution is -2.41. The standard InChI is InChI=1S/C21H29N7OS/c1-16-25-26-19(28(16)3)15-24-21(27(2)13-10-20-22-12-14-30-20)23-11-9-17-5-7-18(29-4)8-6-17/h5-8,12,14H,9-11,13,15H2,1-4H3,(H,23,24). The molecule has 0 bridgehead atoms. The van der Waals surface area contributed by atoms with Crippen LogP contribution in [0.2, 0.25) is 0 Å². The van der Waals surface area contributed by atoms with E-state index in [-0.39, 0.29) is 0 Å². The van der Waals surface area contributed by atoms with Crippen molar-refractivity contribution in [3.8, 4) is 5.75 Å². The number of nitrogens with zero attached hydrogens (tertiary/aromatic N) is 6. The molecule has 3 rings (SSSR count). The van der Waals surface area contributed by atoms with Crippen molar-refractivity contribution in [2.45, 2.75) is 26.3 Å². The van der Waals surface area contributed by atoms with Crippen molar-refractivity contribution < 1.29 is 4.74 Å². The second-order valence-corrected chi connectivity index (χ2v) is 7.96. The molecule has 8 nitrogen and oxygen atoms in total. The molecule has 0 amide bonds. The number of guanidine groups is 1. The number of likely N-dealkylation sites (N-methyl/N-ethyl adjacent to an activating group) is 1.